The lowest BCUT2D eigenvalue weighted by Crippen LogP contribution is -2.06. The summed E-state index contributed by atoms with van der Waals surface area (Å²) in [4.78, 5) is 11.9. The van der Waals surface area contributed by atoms with Crippen molar-refractivity contribution < 1.29 is 19.4 Å². The largest absolute Gasteiger partial charge is 0.508 e. The minimum absolute atomic E-state index is 0.131. The molecule has 2 aromatic rings. The molecular weight excluding hydrogens is 280 g/mol. The molecule has 4 nitrogen and oxygen atoms in total. The first-order valence-corrected chi connectivity index (χ1v) is 7.02. The van der Waals surface area contributed by atoms with E-state index in [4.69, 9.17) is 9.47 Å². The quantitative estimate of drug-likeness (QED) is 0.644. The Hall–Kier alpha value is -2.75. The second-order valence-corrected chi connectivity index (χ2v) is 4.60. The first kappa shape index (κ1) is 15.6. The van der Waals surface area contributed by atoms with Gasteiger partial charge in [-0.2, -0.15) is 0 Å². The molecule has 0 aliphatic carbocycles. The molecule has 1 N–H and O–H groups in total. The first-order chi connectivity index (χ1) is 10.7. The molecule has 0 unspecified atom stereocenters. The zero-order valence-corrected chi connectivity index (χ0v) is 12.4. The van der Waals surface area contributed by atoms with Gasteiger partial charge < -0.3 is 14.6 Å². The Labute approximate surface area is 129 Å². The number of hydrogen-bond donors (Lipinski definition) is 1. The topological polar surface area (TPSA) is 55.8 Å². The summed E-state index contributed by atoms with van der Waals surface area (Å²) in [5, 5.41) is 9.94. The van der Waals surface area contributed by atoms with E-state index >= 15 is 0 Å². The number of carbonyl (C=O) groups excluding carboxylic acids is 1. The van der Waals surface area contributed by atoms with Crippen LogP contribution < -0.4 is 4.74 Å². The Kier molecular flexibility index (Phi) is 5.20. The summed E-state index contributed by atoms with van der Waals surface area (Å²) in [6, 6.07) is 11.8. The molecule has 0 radical (unpaired) electrons. The van der Waals surface area contributed by atoms with E-state index in [0.717, 1.165) is 5.56 Å². The lowest BCUT2D eigenvalue weighted by Gasteiger charge is -2.11. The minimum Gasteiger partial charge on any atom is -0.508 e. The summed E-state index contributed by atoms with van der Waals surface area (Å²) in [6.45, 7) is 5.69. The Balaban J connectivity index is 2.26. The fraction of sp³-hybridized carbons (Fsp3) is 0.167. The highest BCUT2D eigenvalue weighted by Crippen LogP contribution is 2.30. The fourth-order valence-electron chi connectivity index (χ4n) is 2.00. The van der Waals surface area contributed by atoms with E-state index in [9.17, 15) is 9.90 Å². The van der Waals surface area contributed by atoms with Gasteiger partial charge in [-0.25, -0.2) is 4.79 Å². The van der Waals surface area contributed by atoms with Gasteiger partial charge in [0.1, 0.15) is 22.8 Å². The number of phenols is 1. The SMILES string of the molecule is C=CCc1ccc(Oc2ccccc2C(=O)OCC)cc1O. The smallest absolute Gasteiger partial charge is 0.341 e. The van der Waals surface area contributed by atoms with E-state index in [1.807, 2.05) is 0 Å². The molecular formula is C18H18O4. The average Bonchev–Trinajstić information content (AvgIpc) is 2.51. The summed E-state index contributed by atoms with van der Waals surface area (Å²) in [6.07, 6.45) is 2.29. The van der Waals surface area contributed by atoms with Crippen LogP contribution in [-0.2, 0) is 11.2 Å². The zero-order chi connectivity index (χ0) is 15.9. The van der Waals surface area contributed by atoms with E-state index in [0.29, 0.717) is 30.1 Å². The molecule has 0 aliphatic heterocycles. The molecule has 2 aromatic carbocycles. The van der Waals surface area contributed by atoms with Crippen molar-refractivity contribution in [3.63, 3.8) is 0 Å². The lowest BCUT2D eigenvalue weighted by atomic mass is 10.1. The number of allylic oxidation sites excluding steroid dienone is 1. The van der Waals surface area contributed by atoms with Crippen LogP contribution >= 0.6 is 0 Å². The number of ether oxygens (including phenoxy) is 2. The van der Waals surface area contributed by atoms with Crippen LogP contribution in [0.15, 0.2) is 55.1 Å². The summed E-state index contributed by atoms with van der Waals surface area (Å²) < 4.78 is 10.7. The van der Waals surface area contributed by atoms with Gasteiger partial charge in [-0.05, 0) is 37.1 Å². The Morgan fingerprint density at radius 1 is 1.27 bits per heavy atom. The van der Waals surface area contributed by atoms with Crippen LogP contribution in [-0.4, -0.2) is 17.7 Å². The third kappa shape index (κ3) is 3.67. The first-order valence-electron chi connectivity index (χ1n) is 7.02. The van der Waals surface area contributed by atoms with Gasteiger partial charge in [0, 0.05) is 6.07 Å². The number of phenolic OH excluding ortho intramolecular Hbond substituents is 1. The van der Waals surface area contributed by atoms with E-state index in [-0.39, 0.29) is 5.75 Å². The number of hydrogen-bond acceptors (Lipinski definition) is 4. The van der Waals surface area contributed by atoms with Gasteiger partial charge in [0.05, 0.1) is 6.61 Å². The number of rotatable bonds is 6. The van der Waals surface area contributed by atoms with Crippen molar-refractivity contribution in [3.8, 4) is 17.2 Å². The molecule has 0 bridgehead atoms. The van der Waals surface area contributed by atoms with Crippen LogP contribution in [0.2, 0.25) is 0 Å². The van der Waals surface area contributed by atoms with Crippen molar-refractivity contribution in [1.29, 1.82) is 0 Å². The predicted molar refractivity (Wildman–Crippen MR) is 84.5 cm³/mol. The molecule has 0 fully saturated rings. The molecule has 0 atom stereocenters. The molecule has 4 heteroatoms. The molecule has 0 saturated heterocycles. The molecule has 0 aliphatic rings. The molecule has 0 saturated carbocycles. The van der Waals surface area contributed by atoms with Crippen LogP contribution in [0.1, 0.15) is 22.8 Å². The van der Waals surface area contributed by atoms with Gasteiger partial charge in [-0.1, -0.05) is 24.3 Å². The summed E-state index contributed by atoms with van der Waals surface area (Å²) in [5.41, 5.74) is 1.11. The lowest BCUT2D eigenvalue weighted by molar-refractivity contribution is 0.0523. The normalized spacial score (nSPS) is 10.0. The van der Waals surface area contributed by atoms with Crippen LogP contribution in [0.3, 0.4) is 0 Å². The third-order valence-corrected chi connectivity index (χ3v) is 3.03. The number of aromatic hydroxyl groups is 1. The second kappa shape index (κ2) is 7.31. The van der Waals surface area contributed by atoms with Gasteiger partial charge >= 0.3 is 5.97 Å². The van der Waals surface area contributed by atoms with E-state index < -0.39 is 5.97 Å². The van der Waals surface area contributed by atoms with Gasteiger partial charge in [-0.15, -0.1) is 6.58 Å². The summed E-state index contributed by atoms with van der Waals surface area (Å²) in [5.74, 6) is 0.524. The Morgan fingerprint density at radius 3 is 2.73 bits per heavy atom. The fourth-order valence-corrected chi connectivity index (χ4v) is 2.00. The number of carbonyl (C=O) groups is 1. The highest BCUT2D eigenvalue weighted by Gasteiger charge is 2.14. The monoisotopic (exact) mass is 298 g/mol. The molecule has 2 rings (SSSR count). The number of benzene rings is 2. The Bertz CT molecular complexity index is 677. The van der Waals surface area contributed by atoms with E-state index in [1.54, 1.807) is 49.4 Å². The van der Waals surface area contributed by atoms with Crippen molar-refractivity contribution >= 4 is 5.97 Å². The highest BCUT2D eigenvalue weighted by atomic mass is 16.5. The maximum atomic E-state index is 11.9. The standard InChI is InChI=1S/C18H18O4/c1-3-7-13-10-11-14(12-16(13)19)22-17-9-6-5-8-15(17)18(20)21-4-2/h3,5-6,8-12,19H,1,4,7H2,2H3. The van der Waals surface area contributed by atoms with Crippen LogP contribution in [0.25, 0.3) is 0 Å². The molecule has 0 amide bonds. The van der Waals surface area contributed by atoms with E-state index in [1.165, 1.54) is 6.07 Å². The van der Waals surface area contributed by atoms with Crippen LogP contribution in [0.5, 0.6) is 17.2 Å². The third-order valence-electron chi connectivity index (χ3n) is 3.03. The molecule has 22 heavy (non-hydrogen) atoms. The molecule has 0 spiro atoms. The Morgan fingerprint density at radius 2 is 2.05 bits per heavy atom. The maximum absolute atomic E-state index is 11.9. The van der Waals surface area contributed by atoms with Crippen LogP contribution in [0, 0.1) is 0 Å². The summed E-state index contributed by atoms with van der Waals surface area (Å²) in [7, 11) is 0. The average molecular weight is 298 g/mol. The van der Waals surface area contributed by atoms with Gasteiger partial charge in [0.25, 0.3) is 0 Å². The van der Waals surface area contributed by atoms with Gasteiger partial charge in [0.2, 0.25) is 0 Å². The van der Waals surface area contributed by atoms with Crippen molar-refractivity contribution in [2.24, 2.45) is 0 Å². The number of esters is 1. The van der Waals surface area contributed by atoms with E-state index in [2.05, 4.69) is 6.58 Å². The van der Waals surface area contributed by atoms with Crippen molar-refractivity contribution in [3.05, 3.63) is 66.2 Å². The molecule has 114 valence electrons. The predicted octanol–water partition coefficient (Wildman–Crippen LogP) is 4.09. The zero-order valence-electron chi connectivity index (χ0n) is 12.4. The van der Waals surface area contributed by atoms with Crippen molar-refractivity contribution in [1.82, 2.24) is 0 Å². The molecule has 0 aromatic heterocycles. The van der Waals surface area contributed by atoms with Gasteiger partial charge in [0.15, 0.2) is 0 Å². The van der Waals surface area contributed by atoms with Crippen molar-refractivity contribution in [2.75, 3.05) is 6.61 Å². The number of para-hydroxylation sites is 1. The van der Waals surface area contributed by atoms with Crippen LogP contribution in [0.4, 0.5) is 0 Å². The maximum Gasteiger partial charge on any atom is 0.341 e. The second-order valence-electron chi connectivity index (χ2n) is 4.60. The van der Waals surface area contributed by atoms with Gasteiger partial charge in [-0.3, -0.25) is 0 Å². The molecule has 0 heterocycles. The highest BCUT2D eigenvalue weighted by molar-refractivity contribution is 5.92. The summed E-state index contributed by atoms with van der Waals surface area (Å²) >= 11 is 0. The minimum atomic E-state index is -0.439. The van der Waals surface area contributed by atoms with Crippen molar-refractivity contribution in [2.45, 2.75) is 13.3 Å².